The molecule has 2 fully saturated rings. The predicted molar refractivity (Wildman–Crippen MR) is 217 cm³/mol. The zero-order chi connectivity index (χ0) is 40.4. The van der Waals surface area contributed by atoms with Gasteiger partial charge in [0.05, 0.1) is 35.0 Å². The van der Waals surface area contributed by atoms with Crippen LogP contribution >= 0.6 is 0 Å². The number of H-pyrrole nitrogens is 2. The maximum atomic E-state index is 13.6. The number of carbonyl (C=O) groups is 2. The lowest BCUT2D eigenvalue weighted by Crippen LogP contribution is -2.51. The molecular weight excluding hydrogens is 753 g/mol. The quantitative estimate of drug-likeness (QED) is 0.123. The van der Waals surface area contributed by atoms with Crippen molar-refractivity contribution in [2.24, 2.45) is 11.8 Å². The van der Waals surface area contributed by atoms with Crippen molar-refractivity contribution >= 4 is 31.9 Å². The number of hydrogen-bond acceptors (Lipinski definition) is 8. The minimum absolute atomic E-state index is 0.0909. The van der Waals surface area contributed by atoms with Crippen molar-refractivity contribution in [2.45, 2.75) is 91.4 Å². The Morgan fingerprint density at radius 1 is 0.643 bits per heavy atom. The Labute approximate surface area is 330 Å². The molecule has 4 heterocycles. The summed E-state index contributed by atoms with van der Waals surface area (Å²) in [6.45, 7) is 11.6. The minimum atomic E-state index is -3.56. The lowest BCUT2D eigenvalue weighted by molar-refractivity contribution is -0.135. The van der Waals surface area contributed by atoms with Crippen LogP contribution in [0.25, 0.3) is 33.6 Å². The monoisotopic (exact) mass is 806 g/mol. The third-order valence-electron chi connectivity index (χ3n) is 10.8. The molecule has 6 rings (SSSR count). The molecule has 4 atom stereocenters. The van der Waals surface area contributed by atoms with Crippen molar-refractivity contribution in [2.75, 3.05) is 24.6 Å². The molecule has 2 saturated heterocycles. The Hall–Kier alpha value is -4.38. The molecule has 56 heavy (non-hydrogen) atoms. The number of amides is 2. The number of sulfonamides is 2. The molecule has 2 aromatic carbocycles. The Morgan fingerprint density at radius 2 is 0.982 bits per heavy atom. The van der Waals surface area contributed by atoms with E-state index in [1.165, 1.54) is 0 Å². The molecule has 2 amide bonds. The standard InChI is InChI=1S/C40H54N8O6S2/c1-7-55(51,52)45-35(25(3)4)39(49)47-21-9-11-33(47)37-41-23-31(43-37)29-17-13-27(14-18-29)28-15-19-30(20-16-28)32-24-42-38(44-32)34-12-10-22-48(34)40(50)36(26(5)6)46-56(53,54)8-2/h13-20,23-26,33-36,45-46H,7-12,21-22H2,1-6H3,(H,41,43)(H,42,44)/t33-,34?,35-,36-/m0/s1. The lowest BCUT2D eigenvalue weighted by Gasteiger charge is -2.30. The molecule has 2 aliphatic heterocycles. The Morgan fingerprint density at radius 3 is 1.30 bits per heavy atom. The first-order valence-corrected chi connectivity index (χ1v) is 22.8. The molecule has 4 aromatic rings. The van der Waals surface area contributed by atoms with Crippen LogP contribution in [0.5, 0.6) is 0 Å². The number of hydrogen-bond donors (Lipinski definition) is 4. The lowest BCUT2D eigenvalue weighted by atomic mass is 10.0. The maximum absolute atomic E-state index is 13.6. The van der Waals surface area contributed by atoms with Gasteiger partial charge in [0, 0.05) is 36.6 Å². The molecule has 14 nitrogen and oxygen atoms in total. The predicted octanol–water partition coefficient (Wildman–Crippen LogP) is 5.39. The zero-order valence-electron chi connectivity index (χ0n) is 32.9. The number of nitrogens with one attached hydrogen (secondary N) is 4. The van der Waals surface area contributed by atoms with Gasteiger partial charge in [0.25, 0.3) is 0 Å². The van der Waals surface area contributed by atoms with Gasteiger partial charge in [-0.1, -0.05) is 76.2 Å². The molecular formula is C40H54N8O6S2. The number of aromatic amines is 2. The van der Waals surface area contributed by atoms with Gasteiger partial charge >= 0.3 is 0 Å². The average molecular weight is 807 g/mol. The van der Waals surface area contributed by atoms with E-state index in [1.54, 1.807) is 23.6 Å². The third kappa shape index (κ3) is 9.09. The molecule has 16 heteroatoms. The van der Waals surface area contributed by atoms with Crippen LogP contribution in [-0.4, -0.2) is 95.1 Å². The first-order valence-electron chi connectivity index (χ1n) is 19.5. The van der Waals surface area contributed by atoms with Crippen molar-refractivity contribution in [1.82, 2.24) is 39.2 Å². The Kier molecular flexibility index (Phi) is 12.5. The van der Waals surface area contributed by atoms with Crippen LogP contribution in [0.2, 0.25) is 0 Å². The van der Waals surface area contributed by atoms with Crippen LogP contribution in [0.3, 0.4) is 0 Å². The van der Waals surface area contributed by atoms with Gasteiger partial charge in [-0.3, -0.25) is 9.59 Å². The van der Waals surface area contributed by atoms with Gasteiger partial charge in [-0.25, -0.2) is 36.2 Å². The van der Waals surface area contributed by atoms with E-state index in [9.17, 15) is 26.4 Å². The molecule has 0 aliphatic carbocycles. The number of nitrogens with zero attached hydrogens (tertiary/aromatic N) is 4. The maximum Gasteiger partial charge on any atom is 0.241 e. The van der Waals surface area contributed by atoms with Gasteiger partial charge in [-0.15, -0.1) is 0 Å². The number of benzene rings is 2. The van der Waals surface area contributed by atoms with E-state index in [0.29, 0.717) is 24.7 Å². The average Bonchev–Trinajstić information content (AvgIpc) is 4.02. The first-order chi connectivity index (χ1) is 26.6. The van der Waals surface area contributed by atoms with Crippen LogP contribution in [-0.2, 0) is 29.6 Å². The van der Waals surface area contributed by atoms with Gasteiger partial charge in [0.1, 0.15) is 23.7 Å². The van der Waals surface area contributed by atoms with Crippen molar-refractivity contribution < 1.29 is 26.4 Å². The summed E-state index contributed by atoms with van der Waals surface area (Å²) in [5.41, 5.74) is 5.41. The molecule has 2 aromatic heterocycles. The Bertz CT molecular complexity index is 2060. The number of carbonyl (C=O) groups excluding carboxylic acids is 2. The van der Waals surface area contributed by atoms with Crippen LogP contribution in [0.1, 0.15) is 91.0 Å². The SMILES string of the molecule is CCS(=O)(=O)N[C@H](C(=O)N1CCCC1c1nc(-c2ccc(-c3ccc(-c4c[nH]c([C@@H]5CCCN5C(=O)[C@@H](NS(=O)(=O)CC)C(C)C)n4)cc3)cc2)c[nH]1)C(C)C. The van der Waals surface area contributed by atoms with Crippen LogP contribution < -0.4 is 9.44 Å². The summed E-state index contributed by atoms with van der Waals surface area (Å²) >= 11 is 0. The summed E-state index contributed by atoms with van der Waals surface area (Å²) in [5, 5.41) is 0. The second kappa shape index (κ2) is 17.0. The fraction of sp³-hybridized carbons (Fsp3) is 0.500. The molecule has 0 spiro atoms. The summed E-state index contributed by atoms with van der Waals surface area (Å²) in [7, 11) is -7.11. The van der Waals surface area contributed by atoms with Crippen molar-refractivity contribution in [3.63, 3.8) is 0 Å². The molecule has 0 saturated carbocycles. The van der Waals surface area contributed by atoms with E-state index in [-0.39, 0.29) is 47.2 Å². The first kappa shape index (κ1) is 41.3. The third-order valence-corrected chi connectivity index (χ3v) is 13.6. The van der Waals surface area contributed by atoms with Gasteiger partial charge in [-0.05, 0) is 62.5 Å². The van der Waals surface area contributed by atoms with Gasteiger partial charge < -0.3 is 19.8 Å². The van der Waals surface area contributed by atoms with Crippen LogP contribution in [0.4, 0.5) is 0 Å². The normalized spacial score (nSPS) is 18.9. The number of rotatable bonds is 15. The van der Waals surface area contributed by atoms with Crippen LogP contribution in [0, 0.1) is 11.8 Å². The Balaban J connectivity index is 1.11. The number of likely N-dealkylation sites (tertiary alicyclic amines) is 2. The van der Waals surface area contributed by atoms with Gasteiger partial charge in [0.15, 0.2) is 0 Å². The smallest absolute Gasteiger partial charge is 0.241 e. The highest BCUT2D eigenvalue weighted by Gasteiger charge is 2.39. The molecule has 4 N–H and O–H groups in total. The second-order valence-electron chi connectivity index (χ2n) is 15.4. The fourth-order valence-corrected chi connectivity index (χ4v) is 9.31. The van der Waals surface area contributed by atoms with Gasteiger partial charge in [-0.2, -0.15) is 0 Å². The van der Waals surface area contributed by atoms with E-state index in [1.807, 2.05) is 88.6 Å². The summed E-state index contributed by atoms with van der Waals surface area (Å²) in [6, 6.07) is 14.0. The van der Waals surface area contributed by atoms with E-state index < -0.39 is 32.1 Å². The molecule has 0 bridgehead atoms. The van der Waals surface area contributed by atoms with E-state index in [4.69, 9.17) is 9.97 Å². The highest BCUT2D eigenvalue weighted by Crippen LogP contribution is 2.35. The second-order valence-corrected chi connectivity index (χ2v) is 19.4. The van der Waals surface area contributed by atoms with Crippen molar-refractivity contribution in [3.05, 3.63) is 72.6 Å². The van der Waals surface area contributed by atoms with Crippen molar-refractivity contribution in [3.8, 4) is 33.6 Å². The van der Waals surface area contributed by atoms with E-state index >= 15 is 0 Å². The van der Waals surface area contributed by atoms with Crippen LogP contribution in [0.15, 0.2) is 60.9 Å². The fourth-order valence-electron chi connectivity index (χ4n) is 7.46. The van der Waals surface area contributed by atoms with Crippen molar-refractivity contribution in [1.29, 1.82) is 0 Å². The molecule has 2 aliphatic rings. The largest absolute Gasteiger partial charge is 0.346 e. The summed E-state index contributed by atoms with van der Waals surface area (Å²) in [5.74, 6) is 0.297. The summed E-state index contributed by atoms with van der Waals surface area (Å²) < 4.78 is 54.6. The number of imidazole rings is 2. The summed E-state index contributed by atoms with van der Waals surface area (Å²) in [6.07, 6.45) is 6.77. The highest BCUT2D eigenvalue weighted by molar-refractivity contribution is 7.89. The van der Waals surface area contributed by atoms with Gasteiger partial charge in [0.2, 0.25) is 31.9 Å². The van der Waals surface area contributed by atoms with E-state index in [0.717, 1.165) is 59.3 Å². The van der Waals surface area contributed by atoms with E-state index in [2.05, 4.69) is 19.4 Å². The summed E-state index contributed by atoms with van der Waals surface area (Å²) in [4.78, 5) is 47.0. The number of aromatic nitrogens is 4. The highest BCUT2D eigenvalue weighted by atomic mass is 32.2. The molecule has 0 radical (unpaired) electrons. The topological polar surface area (TPSA) is 190 Å². The molecule has 302 valence electrons. The molecule has 1 unspecified atom stereocenters. The minimum Gasteiger partial charge on any atom is -0.346 e. The zero-order valence-corrected chi connectivity index (χ0v) is 34.6.